The summed E-state index contributed by atoms with van der Waals surface area (Å²) in [7, 11) is 0. The van der Waals surface area contributed by atoms with Gasteiger partial charge in [-0.25, -0.2) is 9.78 Å². The van der Waals surface area contributed by atoms with Gasteiger partial charge in [-0.1, -0.05) is 35.3 Å². The number of hydrogen-bond donors (Lipinski definition) is 2. The Bertz CT molecular complexity index is 970. The van der Waals surface area contributed by atoms with E-state index in [1.807, 2.05) is 19.1 Å². The zero-order chi connectivity index (χ0) is 19.4. The third-order valence-corrected chi connectivity index (χ3v) is 5.37. The van der Waals surface area contributed by atoms with Crippen LogP contribution in [-0.4, -0.2) is 23.4 Å². The van der Waals surface area contributed by atoms with Gasteiger partial charge in [0, 0.05) is 21.3 Å². The van der Waals surface area contributed by atoms with Gasteiger partial charge in [0.2, 0.25) is 0 Å². The minimum atomic E-state index is -0.637. The average molecular weight is 420 g/mol. The molecular formula is C19H15Cl2N3O2S. The average Bonchev–Trinajstić information content (AvgIpc) is 3.04. The van der Waals surface area contributed by atoms with Gasteiger partial charge in [-0.3, -0.25) is 5.32 Å². The second-order valence-electron chi connectivity index (χ2n) is 5.63. The van der Waals surface area contributed by atoms with Gasteiger partial charge in [-0.15, -0.1) is 11.3 Å². The van der Waals surface area contributed by atoms with Crippen molar-refractivity contribution in [3.8, 4) is 10.6 Å². The predicted octanol–water partition coefficient (Wildman–Crippen LogP) is 6.04. The quantitative estimate of drug-likeness (QED) is 0.494. The minimum Gasteiger partial charge on any atom is -0.443 e. The molecule has 0 fully saturated rings. The highest BCUT2D eigenvalue weighted by Crippen LogP contribution is 2.29. The number of aromatic nitrogens is 1. The highest BCUT2D eigenvalue weighted by molar-refractivity contribution is 7.17. The van der Waals surface area contributed by atoms with Crippen molar-refractivity contribution in [1.82, 2.24) is 4.98 Å². The Hall–Kier alpha value is -2.41. The lowest BCUT2D eigenvalue weighted by atomic mass is 10.2. The molecule has 1 aromatic heterocycles. The van der Waals surface area contributed by atoms with Crippen molar-refractivity contribution in [2.24, 2.45) is 0 Å². The van der Waals surface area contributed by atoms with Crippen LogP contribution in [0.1, 0.15) is 10.6 Å². The summed E-state index contributed by atoms with van der Waals surface area (Å²) in [5, 5.41) is 12.8. The topological polar surface area (TPSA) is 75.1 Å². The van der Waals surface area contributed by atoms with Gasteiger partial charge in [0.05, 0.1) is 16.3 Å². The molecule has 0 radical (unpaired) electrons. The monoisotopic (exact) mass is 419 g/mol. The van der Waals surface area contributed by atoms with Crippen LogP contribution in [0, 0.1) is 12.3 Å². The first-order chi connectivity index (χ1) is 12.9. The van der Waals surface area contributed by atoms with Crippen LogP contribution in [0.3, 0.4) is 0 Å². The molecule has 2 N–H and O–H groups in total. The second kappa shape index (κ2) is 8.52. The lowest BCUT2D eigenvalue weighted by molar-refractivity contribution is 0.177. The Kier molecular flexibility index (Phi) is 6.11. The van der Waals surface area contributed by atoms with Crippen LogP contribution < -0.4 is 5.32 Å². The van der Waals surface area contributed by atoms with Gasteiger partial charge >= 0.3 is 6.09 Å². The molecule has 1 heterocycles. The van der Waals surface area contributed by atoms with Crippen LogP contribution in [0.4, 0.5) is 10.5 Å². The predicted molar refractivity (Wildman–Crippen MR) is 111 cm³/mol. The number of carbonyl (C=O) groups excluding carboxylic acids is 1. The summed E-state index contributed by atoms with van der Waals surface area (Å²) in [6.45, 7) is 1.68. The summed E-state index contributed by atoms with van der Waals surface area (Å²) in [5.74, 6) is 0. The van der Waals surface area contributed by atoms with Crippen molar-refractivity contribution in [1.29, 1.82) is 5.41 Å². The van der Waals surface area contributed by atoms with Crippen molar-refractivity contribution in [2.45, 2.75) is 6.92 Å². The fraction of sp³-hybridized carbons (Fsp3) is 0.105. The molecule has 5 nitrogen and oxygen atoms in total. The first-order valence-corrected chi connectivity index (χ1v) is 9.50. The minimum absolute atomic E-state index is 0.150. The maximum Gasteiger partial charge on any atom is 0.412 e. The van der Waals surface area contributed by atoms with Crippen molar-refractivity contribution in [3.63, 3.8) is 0 Å². The maximum atomic E-state index is 11.9. The second-order valence-corrected chi connectivity index (χ2v) is 7.50. The van der Waals surface area contributed by atoms with Crippen LogP contribution in [-0.2, 0) is 4.74 Å². The lowest BCUT2D eigenvalue weighted by Crippen LogP contribution is -2.18. The Morgan fingerprint density at radius 1 is 1.11 bits per heavy atom. The number of halogens is 2. The molecular weight excluding hydrogens is 405 g/mol. The smallest absolute Gasteiger partial charge is 0.412 e. The zero-order valence-electron chi connectivity index (χ0n) is 14.3. The fourth-order valence-corrected chi connectivity index (χ4v) is 3.54. The summed E-state index contributed by atoms with van der Waals surface area (Å²) in [6.07, 6.45) is -0.637. The highest BCUT2D eigenvalue weighted by Gasteiger charge is 2.15. The number of carbonyl (C=O) groups is 1. The van der Waals surface area contributed by atoms with Gasteiger partial charge < -0.3 is 10.1 Å². The molecule has 27 heavy (non-hydrogen) atoms. The molecule has 3 aromatic rings. The molecule has 1 amide bonds. The van der Waals surface area contributed by atoms with Crippen LogP contribution in [0.2, 0.25) is 10.0 Å². The molecule has 0 aliphatic heterocycles. The third-order valence-electron chi connectivity index (χ3n) is 3.60. The number of amides is 1. The molecule has 0 unspecified atom stereocenters. The van der Waals surface area contributed by atoms with Crippen LogP contribution in [0.5, 0.6) is 0 Å². The number of ether oxygens (including phenoxy) is 1. The SMILES string of the molecule is Cc1nc(-c2ccc(Cl)cc2)sc1C(=N)COC(=O)Nc1ccc(Cl)cc1. The molecule has 3 rings (SSSR count). The van der Waals surface area contributed by atoms with E-state index in [0.717, 1.165) is 16.3 Å². The number of thiazole rings is 1. The molecule has 2 aromatic carbocycles. The molecule has 0 aliphatic rings. The van der Waals surface area contributed by atoms with E-state index < -0.39 is 6.09 Å². The first kappa shape index (κ1) is 19.4. The maximum absolute atomic E-state index is 11.9. The van der Waals surface area contributed by atoms with Crippen molar-refractivity contribution in [3.05, 3.63) is 69.1 Å². The van der Waals surface area contributed by atoms with E-state index in [9.17, 15) is 4.79 Å². The van der Waals surface area contributed by atoms with Gasteiger partial charge in [0.1, 0.15) is 11.6 Å². The number of rotatable bonds is 5. The summed E-state index contributed by atoms with van der Waals surface area (Å²) in [6, 6.07) is 14.0. The Labute approximate surface area is 170 Å². The molecule has 0 bridgehead atoms. The van der Waals surface area contributed by atoms with E-state index in [0.29, 0.717) is 20.6 Å². The van der Waals surface area contributed by atoms with Crippen LogP contribution >= 0.6 is 34.5 Å². The molecule has 0 aliphatic carbocycles. The lowest BCUT2D eigenvalue weighted by Gasteiger charge is -2.07. The number of aryl methyl sites for hydroxylation is 1. The largest absolute Gasteiger partial charge is 0.443 e. The van der Waals surface area contributed by atoms with Crippen molar-refractivity contribution < 1.29 is 9.53 Å². The zero-order valence-corrected chi connectivity index (χ0v) is 16.6. The number of hydrogen-bond acceptors (Lipinski definition) is 5. The summed E-state index contributed by atoms with van der Waals surface area (Å²) >= 11 is 13.1. The molecule has 0 saturated carbocycles. The Balaban J connectivity index is 1.61. The van der Waals surface area contributed by atoms with E-state index >= 15 is 0 Å². The summed E-state index contributed by atoms with van der Waals surface area (Å²) < 4.78 is 5.13. The van der Waals surface area contributed by atoms with E-state index in [2.05, 4.69) is 10.3 Å². The molecule has 0 saturated heterocycles. The molecule has 0 atom stereocenters. The standard InChI is InChI=1S/C19H15Cl2N3O2S/c1-11-17(27-18(23-11)12-2-4-13(20)5-3-12)16(22)10-26-19(25)24-15-8-6-14(21)7-9-15/h2-9,22H,10H2,1H3,(H,24,25). The Morgan fingerprint density at radius 3 is 2.33 bits per heavy atom. The summed E-state index contributed by atoms with van der Waals surface area (Å²) in [4.78, 5) is 17.1. The first-order valence-electron chi connectivity index (χ1n) is 7.93. The molecule has 138 valence electrons. The van der Waals surface area contributed by atoms with Crippen molar-refractivity contribution in [2.75, 3.05) is 11.9 Å². The highest BCUT2D eigenvalue weighted by atomic mass is 35.5. The molecule has 8 heteroatoms. The van der Waals surface area contributed by atoms with E-state index in [-0.39, 0.29) is 12.3 Å². The van der Waals surface area contributed by atoms with Gasteiger partial charge in [0.15, 0.2) is 0 Å². The van der Waals surface area contributed by atoms with Crippen LogP contribution in [0.25, 0.3) is 10.6 Å². The van der Waals surface area contributed by atoms with E-state index in [4.69, 9.17) is 33.3 Å². The number of benzene rings is 2. The third kappa shape index (κ3) is 5.07. The summed E-state index contributed by atoms with van der Waals surface area (Å²) in [5.41, 5.74) is 2.40. The van der Waals surface area contributed by atoms with Gasteiger partial charge in [0.25, 0.3) is 0 Å². The normalized spacial score (nSPS) is 10.5. The van der Waals surface area contributed by atoms with Gasteiger partial charge in [-0.05, 0) is 43.3 Å². The van der Waals surface area contributed by atoms with Crippen LogP contribution in [0.15, 0.2) is 48.5 Å². The number of nitrogens with zero attached hydrogens (tertiary/aromatic N) is 1. The Morgan fingerprint density at radius 2 is 1.70 bits per heavy atom. The van der Waals surface area contributed by atoms with Gasteiger partial charge in [-0.2, -0.15) is 0 Å². The number of anilines is 1. The van der Waals surface area contributed by atoms with E-state index in [1.54, 1.807) is 36.4 Å². The number of nitrogens with one attached hydrogen (secondary N) is 2. The fourth-order valence-electron chi connectivity index (χ4n) is 2.28. The molecule has 0 spiro atoms. The van der Waals surface area contributed by atoms with Crippen molar-refractivity contribution >= 4 is 52.0 Å². The van der Waals surface area contributed by atoms with E-state index in [1.165, 1.54) is 11.3 Å².